The fraction of sp³-hybridized carbons (Fsp3) is 0.259. The maximum Gasteiger partial charge on any atom is 0.256 e. The van der Waals surface area contributed by atoms with Crippen LogP contribution in [0.4, 0.5) is 11.4 Å². The van der Waals surface area contributed by atoms with Crippen molar-refractivity contribution < 1.29 is 19.1 Å². The summed E-state index contributed by atoms with van der Waals surface area (Å²) in [5.74, 6) is 0.510. The lowest BCUT2D eigenvalue weighted by molar-refractivity contribution is -0.114. The molecule has 1 saturated heterocycles. The summed E-state index contributed by atoms with van der Waals surface area (Å²) in [6.45, 7) is 6.33. The lowest BCUT2D eigenvalue weighted by Gasteiger charge is -2.26. The van der Waals surface area contributed by atoms with Gasteiger partial charge in [-0.05, 0) is 58.3 Å². The number of nitrogens with one attached hydrogen (secondary N) is 2. The number of thiophene rings is 1. The molecule has 2 N–H and O–H groups in total. The fourth-order valence-electron chi connectivity index (χ4n) is 4.30. The van der Waals surface area contributed by atoms with Gasteiger partial charge >= 0.3 is 0 Å². The number of anilines is 2. The van der Waals surface area contributed by atoms with Crippen LogP contribution in [0.3, 0.4) is 0 Å². The third kappa shape index (κ3) is 5.45. The van der Waals surface area contributed by atoms with Gasteiger partial charge < -0.3 is 20.1 Å². The fourth-order valence-corrected chi connectivity index (χ4v) is 4.96. The van der Waals surface area contributed by atoms with Gasteiger partial charge in [0.25, 0.3) is 5.91 Å². The first-order valence-corrected chi connectivity index (χ1v) is 12.6. The number of rotatable bonds is 7. The standard InChI is InChI=1S/C27H27N3O4S/c1-18(31)28-21-3-4-22-24(27(32)29-25(22)16-21)15-19-2-5-26(23(14-19)20-6-13-35-17-20)34-12-9-30-7-10-33-11-8-30/h2-6,13-17H,7-12H2,1H3,(H,28,31)(H,29,32). The van der Waals surface area contributed by atoms with E-state index in [2.05, 4.69) is 33.0 Å². The molecule has 2 amide bonds. The number of hydrogen-bond acceptors (Lipinski definition) is 6. The normalized spacial score (nSPS) is 16.7. The zero-order valence-electron chi connectivity index (χ0n) is 19.5. The van der Waals surface area contributed by atoms with Crippen molar-refractivity contribution in [3.8, 4) is 16.9 Å². The summed E-state index contributed by atoms with van der Waals surface area (Å²) in [4.78, 5) is 26.4. The summed E-state index contributed by atoms with van der Waals surface area (Å²) >= 11 is 1.64. The van der Waals surface area contributed by atoms with E-state index >= 15 is 0 Å². The predicted molar refractivity (Wildman–Crippen MR) is 140 cm³/mol. The number of morpholine rings is 1. The monoisotopic (exact) mass is 489 g/mol. The van der Waals surface area contributed by atoms with E-state index in [1.54, 1.807) is 23.5 Å². The molecule has 0 aliphatic carbocycles. The summed E-state index contributed by atoms with van der Waals surface area (Å²) < 4.78 is 11.6. The highest BCUT2D eigenvalue weighted by atomic mass is 32.1. The van der Waals surface area contributed by atoms with Gasteiger partial charge in [0.05, 0.1) is 18.9 Å². The van der Waals surface area contributed by atoms with Crippen LogP contribution in [0.1, 0.15) is 18.1 Å². The van der Waals surface area contributed by atoms with Crippen molar-refractivity contribution in [3.63, 3.8) is 0 Å². The second-order valence-electron chi connectivity index (χ2n) is 8.52. The van der Waals surface area contributed by atoms with E-state index in [9.17, 15) is 9.59 Å². The zero-order chi connectivity index (χ0) is 24.2. The molecule has 0 bridgehead atoms. The lowest BCUT2D eigenvalue weighted by atomic mass is 10.00. The largest absolute Gasteiger partial charge is 0.492 e. The highest BCUT2D eigenvalue weighted by molar-refractivity contribution is 7.08. The first-order valence-electron chi connectivity index (χ1n) is 11.6. The van der Waals surface area contributed by atoms with Crippen molar-refractivity contribution in [2.75, 3.05) is 50.1 Å². The molecule has 1 fully saturated rings. The van der Waals surface area contributed by atoms with Crippen LogP contribution in [-0.4, -0.2) is 56.2 Å². The van der Waals surface area contributed by atoms with Gasteiger partial charge in [-0.15, -0.1) is 0 Å². The minimum absolute atomic E-state index is 0.154. The van der Waals surface area contributed by atoms with E-state index < -0.39 is 0 Å². The Bertz CT molecular complexity index is 1260. The molecule has 0 atom stereocenters. The van der Waals surface area contributed by atoms with Crippen LogP contribution < -0.4 is 15.4 Å². The molecule has 3 heterocycles. The summed E-state index contributed by atoms with van der Waals surface area (Å²) in [7, 11) is 0. The number of carbonyl (C=O) groups is 2. The Morgan fingerprint density at radius 2 is 2.03 bits per heavy atom. The Labute approximate surface area is 208 Å². The summed E-state index contributed by atoms with van der Waals surface area (Å²) in [6, 6.07) is 13.5. The molecule has 7 nitrogen and oxygen atoms in total. The Morgan fingerprint density at radius 1 is 1.17 bits per heavy atom. The van der Waals surface area contributed by atoms with Crippen LogP contribution in [0.15, 0.2) is 53.2 Å². The number of ether oxygens (including phenoxy) is 2. The number of nitrogens with zero attached hydrogens (tertiary/aromatic N) is 1. The molecule has 0 spiro atoms. The number of amides is 2. The average molecular weight is 490 g/mol. The molecule has 180 valence electrons. The van der Waals surface area contributed by atoms with Crippen LogP contribution >= 0.6 is 11.3 Å². The number of carbonyl (C=O) groups excluding carboxylic acids is 2. The lowest BCUT2D eigenvalue weighted by Crippen LogP contribution is -2.38. The first kappa shape index (κ1) is 23.3. The Balaban J connectivity index is 1.39. The summed E-state index contributed by atoms with van der Waals surface area (Å²) in [5.41, 5.74) is 5.74. The topological polar surface area (TPSA) is 79.9 Å². The second kappa shape index (κ2) is 10.4. The minimum atomic E-state index is -0.164. The van der Waals surface area contributed by atoms with Gasteiger partial charge in [-0.3, -0.25) is 14.5 Å². The van der Waals surface area contributed by atoms with Crippen LogP contribution in [0.25, 0.3) is 22.8 Å². The van der Waals surface area contributed by atoms with E-state index in [1.165, 1.54) is 6.92 Å². The van der Waals surface area contributed by atoms with Gasteiger partial charge in [0.2, 0.25) is 5.91 Å². The molecule has 2 aliphatic rings. The van der Waals surface area contributed by atoms with Gasteiger partial charge in [0.15, 0.2) is 0 Å². The molecular formula is C27H27N3O4S. The Kier molecular flexibility index (Phi) is 6.94. The molecule has 2 aromatic carbocycles. The Morgan fingerprint density at radius 3 is 2.80 bits per heavy atom. The SMILES string of the molecule is CC(=O)Nc1ccc2c(c1)NC(=O)C2=Cc1ccc(OCCN2CCOCC2)c(-c2ccsc2)c1. The second-order valence-corrected chi connectivity index (χ2v) is 9.30. The molecule has 0 unspecified atom stereocenters. The molecule has 5 rings (SSSR count). The van der Waals surface area contributed by atoms with Gasteiger partial charge in [0.1, 0.15) is 12.4 Å². The van der Waals surface area contributed by atoms with Crippen molar-refractivity contribution in [3.05, 3.63) is 64.4 Å². The number of benzene rings is 2. The van der Waals surface area contributed by atoms with Crippen molar-refractivity contribution in [1.82, 2.24) is 4.90 Å². The molecule has 3 aromatic rings. The van der Waals surface area contributed by atoms with Crippen molar-refractivity contribution in [2.24, 2.45) is 0 Å². The minimum Gasteiger partial charge on any atom is -0.492 e. The molecule has 0 radical (unpaired) electrons. The highest BCUT2D eigenvalue weighted by Gasteiger charge is 2.24. The van der Waals surface area contributed by atoms with Crippen LogP contribution in [0.2, 0.25) is 0 Å². The number of hydrogen-bond donors (Lipinski definition) is 2. The zero-order valence-corrected chi connectivity index (χ0v) is 20.3. The summed E-state index contributed by atoms with van der Waals surface area (Å²) in [5, 5.41) is 9.79. The molecule has 0 saturated carbocycles. The van der Waals surface area contributed by atoms with Crippen molar-refractivity contribution in [1.29, 1.82) is 0 Å². The van der Waals surface area contributed by atoms with Crippen molar-refractivity contribution in [2.45, 2.75) is 6.92 Å². The van der Waals surface area contributed by atoms with E-state index in [4.69, 9.17) is 9.47 Å². The molecule has 35 heavy (non-hydrogen) atoms. The predicted octanol–water partition coefficient (Wildman–Crippen LogP) is 4.58. The van der Waals surface area contributed by atoms with Crippen molar-refractivity contribution >= 4 is 46.2 Å². The quantitative estimate of drug-likeness (QED) is 0.475. The van der Waals surface area contributed by atoms with E-state index in [1.807, 2.05) is 29.7 Å². The van der Waals surface area contributed by atoms with Crippen LogP contribution in [0, 0.1) is 0 Å². The van der Waals surface area contributed by atoms with Crippen LogP contribution in [0.5, 0.6) is 5.75 Å². The highest BCUT2D eigenvalue weighted by Crippen LogP contribution is 2.37. The van der Waals surface area contributed by atoms with Gasteiger partial charge in [-0.25, -0.2) is 0 Å². The van der Waals surface area contributed by atoms with E-state index in [-0.39, 0.29) is 11.8 Å². The maximum atomic E-state index is 12.7. The molecule has 2 aliphatic heterocycles. The molecular weight excluding hydrogens is 462 g/mol. The van der Waals surface area contributed by atoms with Gasteiger partial charge in [-0.1, -0.05) is 12.1 Å². The third-order valence-electron chi connectivity index (χ3n) is 6.04. The Hall–Kier alpha value is -3.46. The molecule has 1 aromatic heterocycles. The first-order chi connectivity index (χ1) is 17.1. The van der Waals surface area contributed by atoms with Crippen LogP contribution in [-0.2, 0) is 14.3 Å². The van der Waals surface area contributed by atoms with E-state index in [0.717, 1.165) is 60.9 Å². The van der Waals surface area contributed by atoms with E-state index in [0.29, 0.717) is 23.6 Å². The third-order valence-corrected chi connectivity index (χ3v) is 6.72. The molecule has 8 heteroatoms. The van der Waals surface area contributed by atoms with Gasteiger partial charge in [-0.2, -0.15) is 11.3 Å². The average Bonchev–Trinajstić information content (AvgIpc) is 3.48. The summed E-state index contributed by atoms with van der Waals surface area (Å²) in [6.07, 6.45) is 1.90. The number of fused-ring (bicyclic) bond motifs is 1. The maximum absolute atomic E-state index is 12.7. The smallest absolute Gasteiger partial charge is 0.256 e. The van der Waals surface area contributed by atoms with Gasteiger partial charge in [0, 0.05) is 48.9 Å².